The smallest absolute Gasteiger partial charge is 0.313 e. The molecule has 0 N–H and O–H groups in total. The predicted octanol–water partition coefficient (Wildman–Crippen LogP) is 3.09. The highest BCUT2D eigenvalue weighted by molar-refractivity contribution is 6.28. The van der Waals surface area contributed by atoms with Crippen molar-refractivity contribution in [2.45, 2.75) is 51.9 Å². The summed E-state index contributed by atoms with van der Waals surface area (Å²) in [6.07, 6.45) is 6.70. The fourth-order valence-corrected chi connectivity index (χ4v) is 1.42. The average molecular weight is 249 g/mol. The van der Waals surface area contributed by atoms with Gasteiger partial charge < -0.3 is 4.74 Å². The number of ether oxygens (including phenoxy) is 1. The minimum absolute atomic E-state index is 0.119. The fraction of sp³-hybridized carbons (Fsp3) is 0.833. The second kappa shape index (κ2) is 10.9. The van der Waals surface area contributed by atoms with Gasteiger partial charge in [-0.15, -0.1) is 11.6 Å². The number of carbonyl (C=O) groups excluding carboxylic acids is 2. The van der Waals surface area contributed by atoms with Crippen molar-refractivity contribution in [2.75, 3.05) is 12.5 Å². The van der Waals surface area contributed by atoms with Gasteiger partial charge in [-0.25, -0.2) is 0 Å². The molecule has 0 saturated heterocycles. The van der Waals surface area contributed by atoms with E-state index in [1.165, 1.54) is 25.7 Å². The summed E-state index contributed by atoms with van der Waals surface area (Å²) in [5, 5.41) is 0. The van der Waals surface area contributed by atoms with Crippen LogP contribution in [0.5, 0.6) is 0 Å². The van der Waals surface area contributed by atoms with Crippen molar-refractivity contribution in [2.24, 2.45) is 0 Å². The third kappa shape index (κ3) is 9.97. The highest BCUT2D eigenvalue weighted by atomic mass is 35.5. The van der Waals surface area contributed by atoms with E-state index in [1.807, 2.05) is 0 Å². The lowest BCUT2D eigenvalue weighted by molar-refractivity contribution is -0.145. The molecule has 0 bridgehead atoms. The van der Waals surface area contributed by atoms with Gasteiger partial charge in [-0.3, -0.25) is 9.59 Å². The molecule has 0 atom stereocenters. The van der Waals surface area contributed by atoms with Crippen LogP contribution in [0.2, 0.25) is 0 Å². The van der Waals surface area contributed by atoms with E-state index < -0.39 is 5.97 Å². The Bertz CT molecular complexity index is 204. The van der Waals surface area contributed by atoms with Crippen molar-refractivity contribution in [3.63, 3.8) is 0 Å². The summed E-state index contributed by atoms with van der Waals surface area (Å²) in [7, 11) is 0. The highest BCUT2D eigenvalue weighted by Crippen LogP contribution is 2.05. The summed E-state index contributed by atoms with van der Waals surface area (Å²) in [5.74, 6) is -0.861. The van der Waals surface area contributed by atoms with Crippen LogP contribution < -0.4 is 0 Å². The summed E-state index contributed by atoms with van der Waals surface area (Å²) in [6, 6.07) is 0. The minimum Gasteiger partial charge on any atom is -0.465 e. The molecule has 0 spiro atoms. The Morgan fingerprint density at radius 1 is 1.06 bits per heavy atom. The fourth-order valence-electron chi connectivity index (χ4n) is 1.33. The first-order chi connectivity index (χ1) is 7.70. The van der Waals surface area contributed by atoms with Gasteiger partial charge in [0.1, 0.15) is 6.42 Å². The first kappa shape index (κ1) is 15.4. The van der Waals surface area contributed by atoms with Gasteiger partial charge >= 0.3 is 5.97 Å². The van der Waals surface area contributed by atoms with Crippen molar-refractivity contribution < 1.29 is 14.3 Å². The lowest BCUT2D eigenvalue weighted by atomic mass is 10.1. The molecule has 0 unspecified atom stereocenters. The molecule has 0 fully saturated rings. The van der Waals surface area contributed by atoms with Crippen LogP contribution in [0.15, 0.2) is 0 Å². The molecule has 0 aliphatic carbocycles. The summed E-state index contributed by atoms with van der Waals surface area (Å²) < 4.78 is 4.90. The Hall–Kier alpha value is -0.570. The van der Waals surface area contributed by atoms with E-state index >= 15 is 0 Å². The van der Waals surface area contributed by atoms with Crippen LogP contribution in [0.25, 0.3) is 0 Å². The molecular formula is C12H21ClO3. The van der Waals surface area contributed by atoms with Gasteiger partial charge in [0.15, 0.2) is 5.78 Å². The number of unbranched alkanes of at least 4 members (excludes halogenated alkanes) is 5. The largest absolute Gasteiger partial charge is 0.465 e. The molecule has 0 amide bonds. The highest BCUT2D eigenvalue weighted by Gasteiger charge is 2.08. The van der Waals surface area contributed by atoms with Crippen LogP contribution in [-0.4, -0.2) is 24.2 Å². The molecule has 0 aromatic heterocycles. The minimum atomic E-state index is -0.459. The van der Waals surface area contributed by atoms with E-state index in [0.717, 1.165) is 12.8 Å². The van der Waals surface area contributed by atoms with Crippen LogP contribution in [0, 0.1) is 0 Å². The number of esters is 1. The first-order valence-electron chi connectivity index (χ1n) is 5.94. The molecule has 0 aromatic carbocycles. The van der Waals surface area contributed by atoms with Crippen molar-refractivity contribution in [3.05, 3.63) is 0 Å². The summed E-state index contributed by atoms with van der Waals surface area (Å²) in [5.41, 5.74) is 0. The van der Waals surface area contributed by atoms with Crippen LogP contribution in [-0.2, 0) is 14.3 Å². The van der Waals surface area contributed by atoms with Crippen LogP contribution in [0.3, 0.4) is 0 Å². The zero-order valence-corrected chi connectivity index (χ0v) is 10.7. The molecule has 94 valence electrons. The lowest BCUT2D eigenvalue weighted by Gasteiger charge is -2.03. The van der Waals surface area contributed by atoms with E-state index in [9.17, 15) is 9.59 Å². The number of alkyl halides is 1. The number of carbonyl (C=O) groups is 2. The molecule has 16 heavy (non-hydrogen) atoms. The predicted molar refractivity (Wildman–Crippen MR) is 64.7 cm³/mol. The van der Waals surface area contributed by atoms with Gasteiger partial charge in [0, 0.05) is 0 Å². The molecule has 0 radical (unpaired) electrons. The van der Waals surface area contributed by atoms with E-state index in [2.05, 4.69) is 6.92 Å². The summed E-state index contributed by atoms with van der Waals surface area (Å²) in [6.45, 7) is 2.59. The maximum Gasteiger partial charge on any atom is 0.313 e. The van der Waals surface area contributed by atoms with Gasteiger partial charge in [-0.05, 0) is 6.42 Å². The van der Waals surface area contributed by atoms with Gasteiger partial charge in [-0.1, -0.05) is 39.0 Å². The van der Waals surface area contributed by atoms with Crippen LogP contribution >= 0.6 is 11.6 Å². The van der Waals surface area contributed by atoms with Gasteiger partial charge in [0.2, 0.25) is 0 Å². The van der Waals surface area contributed by atoms with Crippen molar-refractivity contribution >= 4 is 23.4 Å². The molecule has 0 aromatic rings. The Balaban J connectivity index is 3.24. The van der Waals surface area contributed by atoms with Crippen molar-refractivity contribution in [1.82, 2.24) is 0 Å². The molecule has 0 aliphatic heterocycles. The zero-order valence-electron chi connectivity index (χ0n) is 9.97. The number of halogens is 1. The Kier molecular flexibility index (Phi) is 10.5. The van der Waals surface area contributed by atoms with Gasteiger partial charge in [0.05, 0.1) is 12.5 Å². The Morgan fingerprint density at radius 2 is 1.69 bits per heavy atom. The van der Waals surface area contributed by atoms with Crippen molar-refractivity contribution in [3.8, 4) is 0 Å². The molecule has 0 heterocycles. The number of hydrogen-bond acceptors (Lipinski definition) is 3. The molecule has 0 aliphatic rings. The standard InChI is InChI=1S/C12H21ClO3/c1-2-3-4-5-6-7-8-16-12(15)9-11(14)10-13/h2-10H2,1H3. The maximum absolute atomic E-state index is 11.0. The lowest BCUT2D eigenvalue weighted by Crippen LogP contribution is -2.12. The van der Waals surface area contributed by atoms with Crippen LogP contribution in [0.1, 0.15) is 51.9 Å². The number of hydrogen-bond donors (Lipinski definition) is 0. The first-order valence-corrected chi connectivity index (χ1v) is 6.47. The normalized spacial score (nSPS) is 10.1. The molecule has 4 heteroatoms. The molecule has 3 nitrogen and oxygen atoms in total. The van der Waals surface area contributed by atoms with E-state index in [4.69, 9.17) is 16.3 Å². The second-order valence-electron chi connectivity index (χ2n) is 3.84. The number of ketones is 1. The SMILES string of the molecule is CCCCCCCCOC(=O)CC(=O)CCl. The number of Topliss-reactive ketones (excluding diaryl/α,β-unsaturated/α-hetero) is 1. The third-order valence-electron chi connectivity index (χ3n) is 2.25. The second-order valence-corrected chi connectivity index (χ2v) is 4.10. The topological polar surface area (TPSA) is 43.4 Å². The van der Waals surface area contributed by atoms with E-state index in [-0.39, 0.29) is 18.1 Å². The molecular weight excluding hydrogens is 228 g/mol. The average Bonchev–Trinajstić information content (AvgIpc) is 2.27. The molecule has 0 saturated carbocycles. The van der Waals surface area contributed by atoms with Gasteiger partial charge in [-0.2, -0.15) is 0 Å². The summed E-state index contributed by atoms with van der Waals surface area (Å²) in [4.78, 5) is 21.8. The monoisotopic (exact) mass is 248 g/mol. The quantitative estimate of drug-likeness (QED) is 0.258. The van der Waals surface area contributed by atoms with E-state index in [0.29, 0.717) is 6.61 Å². The molecule has 0 rings (SSSR count). The third-order valence-corrected chi connectivity index (χ3v) is 2.55. The van der Waals surface area contributed by atoms with Crippen molar-refractivity contribution in [1.29, 1.82) is 0 Å². The van der Waals surface area contributed by atoms with Crippen LogP contribution in [0.4, 0.5) is 0 Å². The summed E-state index contributed by atoms with van der Waals surface area (Å²) >= 11 is 5.27. The Labute approximate surface area is 102 Å². The maximum atomic E-state index is 11.0. The number of rotatable bonds is 10. The Morgan fingerprint density at radius 3 is 2.31 bits per heavy atom. The zero-order chi connectivity index (χ0) is 12.2. The van der Waals surface area contributed by atoms with E-state index in [1.54, 1.807) is 0 Å². The van der Waals surface area contributed by atoms with Gasteiger partial charge in [0.25, 0.3) is 0 Å².